The Balaban J connectivity index is 1.37. The molecular formula is C23H22N2O4. The van der Waals surface area contributed by atoms with Crippen LogP contribution in [0.1, 0.15) is 29.0 Å². The van der Waals surface area contributed by atoms with Crippen LogP contribution in [0, 0.1) is 0 Å². The normalized spacial score (nSPS) is 15.9. The summed E-state index contributed by atoms with van der Waals surface area (Å²) >= 11 is 0. The SMILES string of the molecule is O=C(NCc1cccc(Oc2ccccc2)c1)C1CCCN1C(=O)c1ccco1. The van der Waals surface area contributed by atoms with E-state index in [4.69, 9.17) is 9.15 Å². The van der Waals surface area contributed by atoms with Crippen LogP contribution in [0.2, 0.25) is 0 Å². The fourth-order valence-corrected chi connectivity index (χ4v) is 3.47. The topological polar surface area (TPSA) is 71.8 Å². The molecule has 0 aliphatic carbocycles. The average molecular weight is 390 g/mol. The lowest BCUT2D eigenvalue weighted by Gasteiger charge is -2.23. The molecule has 1 aliphatic heterocycles. The Morgan fingerprint density at radius 3 is 2.66 bits per heavy atom. The second kappa shape index (κ2) is 8.65. The Hall–Kier alpha value is -3.54. The van der Waals surface area contributed by atoms with E-state index in [-0.39, 0.29) is 17.6 Å². The largest absolute Gasteiger partial charge is 0.459 e. The Bertz CT molecular complexity index is 970. The van der Waals surface area contributed by atoms with Gasteiger partial charge in [-0.25, -0.2) is 0 Å². The fourth-order valence-electron chi connectivity index (χ4n) is 3.47. The number of hydrogen-bond acceptors (Lipinski definition) is 4. The molecule has 4 rings (SSSR count). The highest BCUT2D eigenvalue weighted by Crippen LogP contribution is 2.23. The number of amides is 2. The number of hydrogen-bond donors (Lipinski definition) is 1. The van der Waals surface area contributed by atoms with Gasteiger partial charge in [-0.1, -0.05) is 30.3 Å². The fraction of sp³-hybridized carbons (Fsp3) is 0.217. The molecule has 1 N–H and O–H groups in total. The van der Waals surface area contributed by atoms with E-state index in [2.05, 4.69) is 5.32 Å². The molecule has 3 aromatic rings. The van der Waals surface area contributed by atoms with Crippen molar-refractivity contribution in [3.63, 3.8) is 0 Å². The van der Waals surface area contributed by atoms with Crippen molar-refractivity contribution >= 4 is 11.8 Å². The smallest absolute Gasteiger partial charge is 0.290 e. The van der Waals surface area contributed by atoms with Crippen molar-refractivity contribution < 1.29 is 18.7 Å². The van der Waals surface area contributed by atoms with Crippen LogP contribution < -0.4 is 10.1 Å². The van der Waals surface area contributed by atoms with Crippen LogP contribution in [0.5, 0.6) is 11.5 Å². The predicted molar refractivity (Wildman–Crippen MR) is 108 cm³/mol. The van der Waals surface area contributed by atoms with Crippen molar-refractivity contribution in [2.24, 2.45) is 0 Å². The molecule has 2 aromatic carbocycles. The van der Waals surface area contributed by atoms with Gasteiger partial charge in [0, 0.05) is 13.1 Å². The van der Waals surface area contributed by atoms with Crippen molar-refractivity contribution in [3.05, 3.63) is 84.3 Å². The van der Waals surface area contributed by atoms with E-state index in [1.165, 1.54) is 6.26 Å². The van der Waals surface area contributed by atoms with Crippen LogP contribution in [-0.4, -0.2) is 29.3 Å². The van der Waals surface area contributed by atoms with E-state index in [1.54, 1.807) is 17.0 Å². The van der Waals surface area contributed by atoms with E-state index >= 15 is 0 Å². The molecule has 148 valence electrons. The van der Waals surface area contributed by atoms with E-state index < -0.39 is 6.04 Å². The molecule has 6 heteroatoms. The Morgan fingerprint density at radius 1 is 1.03 bits per heavy atom. The molecule has 0 spiro atoms. The summed E-state index contributed by atoms with van der Waals surface area (Å²) in [6.45, 7) is 0.919. The lowest BCUT2D eigenvalue weighted by atomic mass is 10.1. The van der Waals surface area contributed by atoms with Gasteiger partial charge in [0.1, 0.15) is 17.5 Å². The third-order valence-electron chi connectivity index (χ3n) is 4.89. The van der Waals surface area contributed by atoms with Crippen molar-refractivity contribution in [1.82, 2.24) is 10.2 Å². The van der Waals surface area contributed by atoms with Gasteiger partial charge in [0.2, 0.25) is 5.91 Å². The summed E-state index contributed by atoms with van der Waals surface area (Å²) in [5.41, 5.74) is 0.925. The molecule has 0 saturated carbocycles. The van der Waals surface area contributed by atoms with Gasteiger partial charge in [-0.05, 0) is 54.8 Å². The molecule has 0 bridgehead atoms. The number of furan rings is 1. The molecule has 1 aromatic heterocycles. The number of carbonyl (C=O) groups is 2. The first-order chi connectivity index (χ1) is 14.2. The molecule has 1 aliphatic rings. The Labute approximate surface area is 169 Å². The van der Waals surface area contributed by atoms with E-state index in [1.807, 2.05) is 54.6 Å². The summed E-state index contributed by atoms with van der Waals surface area (Å²) in [4.78, 5) is 26.8. The highest BCUT2D eigenvalue weighted by molar-refractivity contribution is 5.95. The van der Waals surface area contributed by atoms with Crippen LogP contribution in [0.15, 0.2) is 77.4 Å². The van der Waals surface area contributed by atoms with Crippen molar-refractivity contribution in [2.75, 3.05) is 6.54 Å². The van der Waals surface area contributed by atoms with Gasteiger partial charge in [0.25, 0.3) is 5.91 Å². The van der Waals surface area contributed by atoms with E-state index in [9.17, 15) is 9.59 Å². The van der Waals surface area contributed by atoms with Gasteiger partial charge in [-0.3, -0.25) is 9.59 Å². The third-order valence-corrected chi connectivity index (χ3v) is 4.89. The van der Waals surface area contributed by atoms with E-state index in [0.29, 0.717) is 25.3 Å². The minimum Gasteiger partial charge on any atom is -0.459 e. The first-order valence-corrected chi connectivity index (χ1v) is 9.65. The predicted octanol–water partition coefficient (Wildman–Crippen LogP) is 3.99. The summed E-state index contributed by atoms with van der Waals surface area (Å²) in [7, 11) is 0. The highest BCUT2D eigenvalue weighted by atomic mass is 16.5. The van der Waals surface area contributed by atoms with Gasteiger partial charge in [-0.15, -0.1) is 0 Å². The molecule has 0 radical (unpaired) electrons. The molecule has 1 atom stereocenters. The number of rotatable bonds is 6. The van der Waals surface area contributed by atoms with Crippen molar-refractivity contribution in [1.29, 1.82) is 0 Å². The lowest BCUT2D eigenvalue weighted by molar-refractivity contribution is -0.125. The number of carbonyl (C=O) groups excluding carboxylic acids is 2. The number of para-hydroxylation sites is 1. The molecule has 2 heterocycles. The van der Waals surface area contributed by atoms with Gasteiger partial charge < -0.3 is 19.4 Å². The monoisotopic (exact) mass is 390 g/mol. The minimum absolute atomic E-state index is 0.156. The summed E-state index contributed by atoms with van der Waals surface area (Å²) in [5, 5.41) is 2.94. The zero-order valence-electron chi connectivity index (χ0n) is 15.9. The quantitative estimate of drug-likeness (QED) is 0.691. The van der Waals surface area contributed by atoms with Crippen molar-refractivity contribution in [3.8, 4) is 11.5 Å². The van der Waals surface area contributed by atoms with Crippen molar-refractivity contribution in [2.45, 2.75) is 25.4 Å². The summed E-state index contributed by atoms with van der Waals surface area (Å²) in [6.07, 6.45) is 2.91. The van der Waals surface area contributed by atoms with Gasteiger partial charge in [0.15, 0.2) is 5.76 Å². The maximum absolute atomic E-state index is 12.7. The lowest BCUT2D eigenvalue weighted by Crippen LogP contribution is -2.45. The molecule has 29 heavy (non-hydrogen) atoms. The van der Waals surface area contributed by atoms with Crippen LogP contribution in [0.4, 0.5) is 0 Å². The summed E-state index contributed by atoms with van der Waals surface area (Å²) in [5.74, 6) is 1.32. The average Bonchev–Trinajstić information content (AvgIpc) is 3.45. The zero-order valence-corrected chi connectivity index (χ0v) is 15.9. The second-order valence-electron chi connectivity index (χ2n) is 6.91. The minimum atomic E-state index is -0.476. The molecule has 2 amide bonds. The van der Waals surface area contributed by atoms with Gasteiger partial charge >= 0.3 is 0 Å². The summed E-state index contributed by atoms with van der Waals surface area (Å²) < 4.78 is 11.0. The number of benzene rings is 2. The van der Waals surface area contributed by atoms with Crippen LogP contribution >= 0.6 is 0 Å². The maximum atomic E-state index is 12.7. The Morgan fingerprint density at radius 2 is 1.86 bits per heavy atom. The van der Waals surface area contributed by atoms with E-state index in [0.717, 1.165) is 17.7 Å². The first-order valence-electron chi connectivity index (χ1n) is 9.65. The third kappa shape index (κ3) is 4.48. The van der Waals surface area contributed by atoms with Gasteiger partial charge in [-0.2, -0.15) is 0 Å². The second-order valence-corrected chi connectivity index (χ2v) is 6.91. The number of nitrogens with one attached hydrogen (secondary N) is 1. The number of ether oxygens (including phenoxy) is 1. The maximum Gasteiger partial charge on any atom is 0.290 e. The zero-order chi connectivity index (χ0) is 20.1. The number of nitrogens with zero attached hydrogens (tertiary/aromatic N) is 1. The van der Waals surface area contributed by atoms with Crippen LogP contribution in [0.3, 0.4) is 0 Å². The number of likely N-dealkylation sites (tertiary alicyclic amines) is 1. The van der Waals surface area contributed by atoms with Crippen LogP contribution in [0.25, 0.3) is 0 Å². The standard InChI is InChI=1S/C23H22N2O4/c26-22(20-11-5-13-25(20)23(27)21-12-6-14-28-21)24-16-17-7-4-10-19(15-17)29-18-8-2-1-3-9-18/h1-4,6-10,12,14-15,20H,5,11,13,16H2,(H,24,26). The highest BCUT2D eigenvalue weighted by Gasteiger charge is 2.35. The molecule has 1 unspecified atom stereocenters. The molecule has 1 saturated heterocycles. The van der Waals surface area contributed by atoms with Crippen LogP contribution in [-0.2, 0) is 11.3 Å². The first kappa shape index (κ1) is 18.8. The molecule has 1 fully saturated rings. The molecule has 6 nitrogen and oxygen atoms in total. The molecular weight excluding hydrogens is 368 g/mol. The summed E-state index contributed by atoms with van der Waals surface area (Å²) in [6, 6.07) is 19.9. The van der Waals surface area contributed by atoms with Gasteiger partial charge in [0.05, 0.1) is 6.26 Å². The Kier molecular flexibility index (Phi) is 5.61.